The van der Waals surface area contributed by atoms with Gasteiger partial charge < -0.3 is 15.8 Å². The standard InChI is InChI=1S/C15H29N3O2/c1-4-17-15(13(16)19)7-5-6-12(10-15)18-8-9-20-11-14(18,2)3/h12,17H,4-11H2,1-3H3,(H2,16,19). The predicted octanol–water partition coefficient (Wildman–Crippen LogP) is 0.873. The van der Waals surface area contributed by atoms with Crippen LogP contribution in [0.1, 0.15) is 46.5 Å². The van der Waals surface area contributed by atoms with Gasteiger partial charge in [0.15, 0.2) is 0 Å². The molecular formula is C15H29N3O2. The highest BCUT2D eigenvalue weighted by Crippen LogP contribution is 2.35. The first-order valence-electron chi connectivity index (χ1n) is 7.81. The summed E-state index contributed by atoms with van der Waals surface area (Å²) in [7, 11) is 0. The third kappa shape index (κ3) is 3.00. The molecule has 5 heteroatoms. The van der Waals surface area contributed by atoms with Crippen molar-refractivity contribution in [3.8, 4) is 0 Å². The zero-order chi connectivity index (χ0) is 14.8. The Hall–Kier alpha value is -0.650. The molecule has 0 aromatic heterocycles. The minimum Gasteiger partial charge on any atom is -0.378 e. The predicted molar refractivity (Wildman–Crippen MR) is 79.5 cm³/mol. The van der Waals surface area contributed by atoms with E-state index in [0.717, 1.165) is 52.0 Å². The van der Waals surface area contributed by atoms with Gasteiger partial charge in [-0.1, -0.05) is 6.92 Å². The maximum absolute atomic E-state index is 12.0. The molecule has 2 fully saturated rings. The number of amides is 1. The van der Waals surface area contributed by atoms with Gasteiger partial charge in [-0.3, -0.25) is 9.69 Å². The Bertz CT molecular complexity index is 355. The van der Waals surface area contributed by atoms with E-state index >= 15 is 0 Å². The molecule has 0 aromatic rings. The minimum absolute atomic E-state index is 0.0376. The SMILES string of the molecule is CCNC1(C(N)=O)CCCC(N2CCOCC2(C)C)C1. The van der Waals surface area contributed by atoms with Crippen LogP contribution < -0.4 is 11.1 Å². The van der Waals surface area contributed by atoms with Gasteiger partial charge in [-0.25, -0.2) is 0 Å². The maximum Gasteiger partial charge on any atom is 0.237 e. The second kappa shape index (κ2) is 6.00. The molecule has 0 radical (unpaired) electrons. The van der Waals surface area contributed by atoms with Crippen LogP contribution in [0.2, 0.25) is 0 Å². The van der Waals surface area contributed by atoms with Crippen molar-refractivity contribution in [2.24, 2.45) is 5.73 Å². The third-order valence-corrected chi connectivity index (χ3v) is 4.86. The molecule has 1 aliphatic carbocycles. The number of primary amides is 1. The number of ether oxygens (including phenoxy) is 1. The minimum atomic E-state index is -0.522. The molecule has 0 aromatic carbocycles. The van der Waals surface area contributed by atoms with E-state index in [1.165, 1.54) is 0 Å². The van der Waals surface area contributed by atoms with Crippen molar-refractivity contribution in [2.45, 2.75) is 63.6 Å². The highest BCUT2D eigenvalue weighted by molar-refractivity contribution is 5.84. The Balaban J connectivity index is 2.14. The lowest BCUT2D eigenvalue weighted by Gasteiger charge is -2.51. The van der Waals surface area contributed by atoms with Crippen LogP contribution in [0.3, 0.4) is 0 Å². The van der Waals surface area contributed by atoms with Gasteiger partial charge in [0.25, 0.3) is 0 Å². The number of hydrogen-bond donors (Lipinski definition) is 2. The average Bonchev–Trinajstić information content (AvgIpc) is 2.38. The molecule has 5 nitrogen and oxygen atoms in total. The van der Waals surface area contributed by atoms with Crippen molar-refractivity contribution >= 4 is 5.91 Å². The summed E-state index contributed by atoms with van der Waals surface area (Å²) in [5.74, 6) is -0.199. The normalized spacial score (nSPS) is 34.9. The molecular weight excluding hydrogens is 254 g/mol. The van der Waals surface area contributed by atoms with Crippen molar-refractivity contribution < 1.29 is 9.53 Å². The van der Waals surface area contributed by atoms with Gasteiger partial charge in [-0.05, 0) is 46.1 Å². The van der Waals surface area contributed by atoms with Gasteiger partial charge in [-0.2, -0.15) is 0 Å². The van der Waals surface area contributed by atoms with Gasteiger partial charge in [0.1, 0.15) is 0 Å². The van der Waals surface area contributed by atoms with Crippen LogP contribution in [0, 0.1) is 0 Å². The van der Waals surface area contributed by atoms with Gasteiger partial charge >= 0.3 is 0 Å². The number of nitrogens with two attached hydrogens (primary N) is 1. The lowest BCUT2D eigenvalue weighted by Crippen LogP contribution is -2.64. The Morgan fingerprint density at radius 1 is 1.50 bits per heavy atom. The van der Waals surface area contributed by atoms with Gasteiger partial charge in [0, 0.05) is 18.1 Å². The number of nitrogens with one attached hydrogen (secondary N) is 1. The van der Waals surface area contributed by atoms with E-state index in [2.05, 4.69) is 24.1 Å². The Kier molecular flexibility index (Phi) is 4.72. The molecule has 1 saturated heterocycles. The Labute approximate surface area is 122 Å². The fourth-order valence-corrected chi connectivity index (χ4v) is 3.87. The summed E-state index contributed by atoms with van der Waals surface area (Å²) in [4.78, 5) is 14.5. The maximum atomic E-state index is 12.0. The molecule has 1 saturated carbocycles. The zero-order valence-corrected chi connectivity index (χ0v) is 13.1. The van der Waals surface area contributed by atoms with Gasteiger partial charge in [-0.15, -0.1) is 0 Å². The van der Waals surface area contributed by atoms with Crippen molar-refractivity contribution in [1.82, 2.24) is 10.2 Å². The summed E-state index contributed by atoms with van der Waals surface area (Å²) in [6, 6.07) is 0.411. The van der Waals surface area contributed by atoms with E-state index in [9.17, 15) is 4.79 Å². The fraction of sp³-hybridized carbons (Fsp3) is 0.933. The largest absolute Gasteiger partial charge is 0.378 e. The number of morpholine rings is 1. The molecule has 1 aliphatic heterocycles. The monoisotopic (exact) mass is 283 g/mol. The quantitative estimate of drug-likeness (QED) is 0.803. The highest BCUT2D eigenvalue weighted by atomic mass is 16.5. The molecule has 0 bridgehead atoms. The number of rotatable bonds is 4. The van der Waals surface area contributed by atoms with E-state index in [1.807, 2.05) is 6.92 Å². The van der Waals surface area contributed by atoms with Gasteiger partial charge in [0.2, 0.25) is 5.91 Å². The summed E-state index contributed by atoms with van der Waals surface area (Å²) in [6.07, 6.45) is 3.87. The van der Waals surface area contributed by atoms with Crippen LogP contribution in [0.4, 0.5) is 0 Å². The summed E-state index contributed by atoms with van der Waals surface area (Å²) >= 11 is 0. The molecule has 2 atom stereocenters. The van der Waals surface area contributed by atoms with E-state index in [0.29, 0.717) is 6.04 Å². The second-order valence-electron chi connectivity index (χ2n) is 6.79. The summed E-state index contributed by atoms with van der Waals surface area (Å²) in [5, 5.41) is 3.36. The number of nitrogens with zero attached hydrogens (tertiary/aromatic N) is 1. The average molecular weight is 283 g/mol. The van der Waals surface area contributed by atoms with Gasteiger partial charge in [0.05, 0.1) is 18.8 Å². The molecule has 3 N–H and O–H groups in total. The van der Waals surface area contributed by atoms with Crippen molar-refractivity contribution in [3.05, 3.63) is 0 Å². The highest BCUT2D eigenvalue weighted by Gasteiger charge is 2.45. The molecule has 1 heterocycles. The lowest BCUT2D eigenvalue weighted by atomic mass is 9.76. The molecule has 0 spiro atoms. The second-order valence-corrected chi connectivity index (χ2v) is 6.79. The van der Waals surface area contributed by atoms with Crippen molar-refractivity contribution in [3.63, 3.8) is 0 Å². The van der Waals surface area contributed by atoms with Crippen LogP contribution in [0.25, 0.3) is 0 Å². The van der Waals surface area contributed by atoms with E-state index in [1.54, 1.807) is 0 Å². The van der Waals surface area contributed by atoms with Crippen LogP contribution in [0.5, 0.6) is 0 Å². The van der Waals surface area contributed by atoms with E-state index in [-0.39, 0.29) is 11.4 Å². The smallest absolute Gasteiger partial charge is 0.237 e. The molecule has 20 heavy (non-hydrogen) atoms. The summed E-state index contributed by atoms with van der Waals surface area (Å²) < 4.78 is 5.60. The molecule has 2 unspecified atom stereocenters. The Morgan fingerprint density at radius 2 is 2.25 bits per heavy atom. The number of carbonyl (C=O) groups excluding carboxylic acids is 1. The first-order chi connectivity index (χ1) is 9.41. The van der Waals surface area contributed by atoms with Crippen LogP contribution in [-0.4, -0.2) is 54.2 Å². The lowest BCUT2D eigenvalue weighted by molar-refractivity contribution is -0.129. The number of hydrogen-bond acceptors (Lipinski definition) is 4. The summed E-state index contributed by atoms with van der Waals surface area (Å²) in [5.41, 5.74) is 5.22. The van der Waals surface area contributed by atoms with Crippen LogP contribution >= 0.6 is 0 Å². The zero-order valence-electron chi connectivity index (χ0n) is 13.1. The molecule has 2 aliphatic rings. The molecule has 2 rings (SSSR count). The van der Waals surface area contributed by atoms with Crippen LogP contribution in [0.15, 0.2) is 0 Å². The van der Waals surface area contributed by atoms with Crippen molar-refractivity contribution in [2.75, 3.05) is 26.3 Å². The summed E-state index contributed by atoms with van der Waals surface area (Å²) in [6.45, 7) is 9.74. The first-order valence-corrected chi connectivity index (χ1v) is 7.81. The fourth-order valence-electron chi connectivity index (χ4n) is 3.87. The van der Waals surface area contributed by atoms with E-state index < -0.39 is 5.54 Å². The van der Waals surface area contributed by atoms with Crippen LogP contribution in [-0.2, 0) is 9.53 Å². The Morgan fingerprint density at radius 3 is 2.85 bits per heavy atom. The topological polar surface area (TPSA) is 67.6 Å². The number of carbonyl (C=O) groups is 1. The first kappa shape index (κ1) is 15.7. The number of likely N-dealkylation sites (N-methyl/N-ethyl adjacent to an activating group) is 1. The van der Waals surface area contributed by atoms with E-state index in [4.69, 9.17) is 10.5 Å². The van der Waals surface area contributed by atoms with Crippen molar-refractivity contribution in [1.29, 1.82) is 0 Å². The third-order valence-electron chi connectivity index (χ3n) is 4.86. The molecule has 116 valence electrons. The molecule has 1 amide bonds.